The van der Waals surface area contributed by atoms with Crippen LogP contribution in [0.25, 0.3) is 0 Å². The van der Waals surface area contributed by atoms with E-state index in [1.54, 1.807) is 12.1 Å². The Hall–Kier alpha value is -2.04. The number of rotatable bonds is 7. The van der Waals surface area contributed by atoms with Gasteiger partial charge in [0.1, 0.15) is 5.75 Å². The van der Waals surface area contributed by atoms with Gasteiger partial charge >= 0.3 is 11.9 Å². The van der Waals surface area contributed by atoms with Crippen LogP contribution in [0.15, 0.2) is 24.3 Å². The third kappa shape index (κ3) is 4.86. The van der Waals surface area contributed by atoms with E-state index in [4.69, 9.17) is 14.6 Å². The minimum absolute atomic E-state index is 0.117. The Labute approximate surface area is 105 Å². The Morgan fingerprint density at radius 1 is 1.33 bits per heavy atom. The van der Waals surface area contributed by atoms with E-state index in [2.05, 4.69) is 0 Å². The fourth-order valence-electron chi connectivity index (χ4n) is 1.23. The van der Waals surface area contributed by atoms with Gasteiger partial charge in [-0.15, -0.1) is 0 Å². The molecule has 0 amide bonds. The lowest BCUT2D eigenvalue weighted by Crippen LogP contribution is -2.15. The highest BCUT2D eigenvalue weighted by molar-refractivity contribution is 5.88. The van der Waals surface area contributed by atoms with E-state index in [9.17, 15) is 9.59 Å². The lowest BCUT2D eigenvalue weighted by atomic mass is 10.2. The zero-order valence-electron chi connectivity index (χ0n) is 10.2. The predicted octanol–water partition coefficient (Wildman–Crippen LogP) is 2.11. The van der Waals surface area contributed by atoms with Gasteiger partial charge in [0.15, 0.2) is 6.61 Å². The SMILES string of the molecule is CCCCOC(=O)COc1cccc(C(=O)O)c1. The molecular weight excluding hydrogens is 236 g/mol. The maximum atomic E-state index is 11.2. The molecule has 0 aliphatic heterocycles. The summed E-state index contributed by atoms with van der Waals surface area (Å²) in [5.41, 5.74) is 0.117. The highest BCUT2D eigenvalue weighted by Gasteiger charge is 2.06. The van der Waals surface area contributed by atoms with E-state index in [-0.39, 0.29) is 12.2 Å². The largest absolute Gasteiger partial charge is 0.482 e. The Kier molecular flexibility index (Phi) is 5.70. The zero-order chi connectivity index (χ0) is 13.4. The molecule has 1 aromatic carbocycles. The quantitative estimate of drug-likeness (QED) is 0.594. The molecule has 1 N–H and O–H groups in total. The minimum Gasteiger partial charge on any atom is -0.482 e. The van der Waals surface area contributed by atoms with Crippen molar-refractivity contribution in [1.82, 2.24) is 0 Å². The highest BCUT2D eigenvalue weighted by atomic mass is 16.6. The molecule has 5 heteroatoms. The molecule has 0 aliphatic carbocycles. The molecule has 0 atom stereocenters. The number of ether oxygens (including phenoxy) is 2. The van der Waals surface area contributed by atoms with E-state index in [0.717, 1.165) is 12.8 Å². The third-order valence-corrected chi connectivity index (χ3v) is 2.20. The van der Waals surface area contributed by atoms with E-state index in [1.807, 2.05) is 6.92 Å². The minimum atomic E-state index is -1.04. The van der Waals surface area contributed by atoms with Crippen molar-refractivity contribution in [1.29, 1.82) is 0 Å². The fourth-order valence-corrected chi connectivity index (χ4v) is 1.23. The van der Waals surface area contributed by atoms with Crippen molar-refractivity contribution < 1.29 is 24.2 Å². The summed E-state index contributed by atoms with van der Waals surface area (Å²) in [6, 6.07) is 5.96. The number of esters is 1. The van der Waals surface area contributed by atoms with Crippen LogP contribution >= 0.6 is 0 Å². The Bertz CT molecular complexity index is 414. The molecule has 0 saturated carbocycles. The first kappa shape index (κ1) is 14.0. The first-order chi connectivity index (χ1) is 8.63. The van der Waals surface area contributed by atoms with Crippen LogP contribution < -0.4 is 4.74 Å². The zero-order valence-corrected chi connectivity index (χ0v) is 10.2. The van der Waals surface area contributed by atoms with Gasteiger partial charge in [-0.3, -0.25) is 0 Å². The Balaban J connectivity index is 2.41. The van der Waals surface area contributed by atoms with E-state index in [0.29, 0.717) is 12.4 Å². The van der Waals surface area contributed by atoms with Crippen LogP contribution in [-0.2, 0) is 9.53 Å². The van der Waals surface area contributed by atoms with E-state index in [1.165, 1.54) is 12.1 Å². The first-order valence-electron chi connectivity index (χ1n) is 5.75. The average molecular weight is 252 g/mol. The summed E-state index contributed by atoms with van der Waals surface area (Å²) in [6.07, 6.45) is 1.77. The van der Waals surface area contributed by atoms with Crippen LogP contribution in [0.5, 0.6) is 5.75 Å². The van der Waals surface area contributed by atoms with Crippen LogP contribution in [0.3, 0.4) is 0 Å². The summed E-state index contributed by atoms with van der Waals surface area (Å²) in [7, 11) is 0. The first-order valence-corrected chi connectivity index (χ1v) is 5.75. The van der Waals surface area contributed by atoms with Crippen LogP contribution in [0.1, 0.15) is 30.1 Å². The maximum Gasteiger partial charge on any atom is 0.344 e. The third-order valence-electron chi connectivity index (χ3n) is 2.20. The standard InChI is InChI=1S/C13H16O5/c1-2-3-7-17-12(14)9-18-11-6-4-5-10(8-11)13(15)16/h4-6,8H,2-3,7,9H2,1H3,(H,15,16). The van der Waals surface area contributed by atoms with Crippen molar-refractivity contribution in [3.8, 4) is 5.75 Å². The molecule has 0 radical (unpaired) electrons. The molecule has 5 nitrogen and oxygen atoms in total. The van der Waals surface area contributed by atoms with Gasteiger partial charge in [-0.1, -0.05) is 19.4 Å². The van der Waals surface area contributed by atoms with Crippen molar-refractivity contribution in [2.75, 3.05) is 13.2 Å². The number of carbonyl (C=O) groups excluding carboxylic acids is 1. The van der Waals surface area contributed by atoms with E-state index >= 15 is 0 Å². The van der Waals surface area contributed by atoms with Gasteiger partial charge in [0.2, 0.25) is 0 Å². The number of aromatic carboxylic acids is 1. The number of hydrogen-bond donors (Lipinski definition) is 1. The van der Waals surface area contributed by atoms with Crippen molar-refractivity contribution in [2.24, 2.45) is 0 Å². The molecule has 0 bridgehead atoms. The lowest BCUT2D eigenvalue weighted by molar-refractivity contribution is -0.146. The van der Waals surface area contributed by atoms with Crippen molar-refractivity contribution in [3.05, 3.63) is 29.8 Å². The van der Waals surface area contributed by atoms with Gasteiger partial charge in [-0.05, 0) is 24.6 Å². The number of carboxylic acids is 1. The molecule has 18 heavy (non-hydrogen) atoms. The molecule has 0 spiro atoms. The van der Waals surface area contributed by atoms with Crippen LogP contribution in [0.4, 0.5) is 0 Å². The van der Waals surface area contributed by atoms with Crippen molar-refractivity contribution in [3.63, 3.8) is 0 Å². The van der Waals surface area contributed by atoms with Gasteiger partial charge in [0.05, 0.1) is 12.2 Å². The van der Waals surface area contributed by atoms with Crippen LogP contribution in [0, 0.1) is 0 Å². The molecule has 0 aromatic heterocycles. The topological polar surface area (TPSA) is 72.8 Å². The number of unbranched alkanes of at least 4 members (excludes halogenated alkanes) is 1. The second kappa shape index (κ2) is 7.32. The van der Waals surface area contributed by atoms with Gasteiger partial charge in [0, 0.05) is 0 Å². The summed E-state index contributed by atoms with van der Waals surface area (Å²) in [6.45, 7) is 2.17. The lowest BCUT2D eigenvalue weighted by Gasteiger charge is -2.07. The molecule has 0 unspecified atom stereocenters. The predicted molar refractivity (Wildman–Crippen MR) is 64.8 cm³/mol. The molecule has 1 rings (SSSR count). The van der Waals surface area contributed by atoms with Gasteiger partial charge in [0.25, 0.3) is 0 Å². The smallest absolute Gasteiger partial charge is 0.344 e. The fraction of sp³-hybridized carbons (Fsp3) is 0.385. The summed E-state index contributed by atoms with van der Waals surface area (Å²) in [5.74, 6) is -1.16. The second-order valence-electron chi connectivity index (χ2n) is 3.70. The average Bonchev–Trinajstić information content (AvgIpc) is 2.37. The molecule has 0 saturated heterocycles. The molecule has 0 aliphatic rings. The number of hydrogen-bond acceptors (Lipinski definition) is 4. The summed E-state index contributed by atoms with van der Waals surface area (Å²) < 4.78 is 10.1. The Morgan fingerprint density at radius 3 is 2.78 bits per heavy atom. The number of carbonyl (C=O) groups is 2. The molecule has 98 valence electrons. The second-order valence-corrected chi connectivity index (χ2v) is 3.70. The highest BCUT2D eigenvalue weighted by Crippen LogP contribution is 2.13. The summed E-state index contributed by atoms with van der Waals surface area (Å²) >= 11 is 0. The van der Waals surface area contributed by atoms with E-state index < -0.39 is 11.9 Å². The molecule has 1 aromatic rings. The number of benzene rings is 1. The van der Waals surface area contributed by atoms with Gasteiger partial charge in [-0.25, -0.2) is 9.59 Å². The van der Waals surface area contributed by atoms with Gasteiger partial charge in [-0.2, -0.15) is 0 Å². The van der Waals surface area contributed by atoms with Crippen LogP contribution in [0.2, 0.25) is 0 Å². The van der Waals surface area contributed by atoms with Crippen molar-refractivity contribution >= 4 is 11.9 Å². The Morgan fingerprint density at radius 2 is 2.11 bits per heavy atom. The van der Waals surface area contributed by atoms with Gasteiger partial charge < -0.3 is 14.6 Å². The molecule has 0 heterocycles. The summed E-state index contributed by atoms with van der Waals surface area (Å²) in [5, 5.41) is 8.78. The molecule has 0 fully saturated rings. The van der Waals surface area contributed by atoms with Crippen molar-refractivity contribution in [2.45, 2.75) is 19.8 Å². The maximum absolute atomic E-state index is 11.2. The number of carboxylic acid groups (broad SMARTS) is 1. The summed E-state index contributed by atoms with van der Waals surface area (Å²) in [4.78, 5) is 22.0. The monoisotopic (exact) mass is 252 g/mol. The molecular formula is C13H16O5. The van der Waals surface area contributed by atoms with Crippen LogP contribution in [-0.4, -0.2) is 30.3 Å². The normalized spacial score (nSPS) is 9.83.